The third-order valence-corrected chi connectivity index (χ3v) is 4.12. The molecule has 0 atom stereocenters. The predicted octanol–water partition coefficient (Wildman–Crippen LogP) is 2.90. The molecule has 0 radical (unpaired) electrons. The number of piperidine rings is 1. The summed E-state index contributed by atoms with van der Waals surface area (Å²) < 4.78 is 17.7. The van der Waals surface area contributed by atoms with E-state index in [1.54, 1.807) is 12.1 Å². The molecule has 1 saturated heterocycles. The van der Waals surface area contributed by atoms with E-state index in [4.69, 9.17) is 0 Å². The lowest BCUT2D eigenvalue weighted by atomic mass is 10.0. The molecule has 1 fully saturated rings. The van der Waals surface area contributed by atoms with Gasteiger partial charge < -0.3 is 15.0 Å². The van der Waals surface area contributed by atoms with Crippen LogP contribution in [0.5, 0.6) is 0 Å². The maximum Gasteiger partial charge on any atom is 0.293 e. The van der Waals surface area contributed by atoms with E-state index in [1.165, 1.54) is 24.1 Å². The first-order chi connectivity index (χ1) is 10.9. The van der Waals surface area contributed by atoms with Crippen LogP contribution < -0.4 is 10.2 Å². The molecule has 3 rings (SSSR count). The van der Waals surface area contributed by atoms with Crippen molar-refractivity contribution in [2.45, 2.75) is 51.7 Å². The van der Waals surface area contributed by atoms with Gasteiger partial charge in [0.25, 0.3) is 6.47 Å². The Kier molecular flexibility index (Phi) is 5.99. The highest BCUT2D eigenvalue weighted by atomic mass is 19.1. The topological polar surface area (TPSA) is 41.6 Å². The minimum Gasteiger partial charge on any atom is -0.462 e. The highest BCUT2D eigenvalue weighted by molar-refractivity contribution is 5.58. The second-order valence-corrected chi connectivity index (χ2v) is 7.02. The number of hydrogen-bond donors (Lipinski definition) is 1. The van der Waals surface area contributed by atoms with Crippen molar-refractivity contribution in [1.29, 1.82) is 0 Å². The Morgan fingerprint density at radius 1 is 1.30 bits per heavy atom. The standard InChI is InChI=1S/C13H17FN2.C5H10O2/c14-11-1-2-13-10(9-11)5-8-16(13)12-3-6-15-7-4-12;1-5(2,3)7-4-6/h1-2,9,12,15H,3-8H2;4H,1-3H3. The number of nitrogens with zero attached hydrogens (tertiary/aromatic N) is 1. The molecule has 2 aliphatic heterocycles. The van der Waals surface area contributed by atoms with Gasteiger partial charge in [-0.2, -0.15) is 0 Å². The summed E-state index contributed by atoms with van der Waals surface area (Å²) in [6, 6.07) is 5.86. The number of carbonyl (C=O) groups is 1. The van der Waals surface area contributed by atoms with Crippen molar-refractivity contribution < 1.29 is 13.9 Å². The van der Waals surface area contributed by atoms with Crippen molar-refractivity contribution in [1.82, 2.24) is 5.32 Å². The largest absolute Gasteiger partial charge is 0.462 e. The summed E-state index contributed by atoms with van der Waals surface area (Å²) in [5, 5.41) is 3.38. The van der Waals surface area contributed by atoms with Crippen LogP contribution >= 0.6 is 0 Å². The number of fused-ring (bicyclic) bond motifs is 1. The number of benzene rings is 1. The van der Waals surface area contributed by atoms with Crippen LogP contribution in [0.15, 0.2) is 18.2 Å². The summed E-state index contributed by atoms with van der Waals surface area (Å²) >= 11 is 0. The average Bonchev–Trinajstić information content (AvgIpc) is 2.90. The molecule has 0 spiro atoms. The third kappa shape index (κ3) is 5.20. The fourth-order valence-electron chi connectivity index (χ4n) is 3.04. The maximum atomic E-state index is 13.1. The molecule has 1 aromatic rings. The van der Waals surface area contributed by atoms with Gasteiger partial charge in [0, 0.05) is 18.3 Å². The zero-order valence-electron chi connectivity index (χ0n) is 14.3. The van der Waals surface area contributed by atoms with Crippen molar-refractivity contribution >= 4 is 12.2 Å². The first-order valence-electron chi connectivity index (χ1n) is 8.28. The molecule has 5 heteroatoms. The van der Waals surface area contributed by atoms with Crippen LogP contribution in [-0.4, -0.2) is 37.7 Å². The lowest BCUT2D eigenvalue weighted by Crippen LogP contribution is -2.42. The molecule has 1 aromatic carbocycles. The van der Waals surface area contributed by atoms with Gasteiger partial charge in [0.2, 0.25) is 0 Å². The Morgan fingerprint density at radius 3 is 2.57 bits per heavy atom. The minimum atomic E-state index is -0.318. The van der Waals surface area contributed by atoms with E-state index in [2.05, 4.69) is 15.0 Å². The van der Waals surface area contributed by atoms with E-state index in [0.29, 0.717) is 12.5 Å². The zero-order chi connectivity index (χ0) is 16.9. The molecule has 0 aliphatic carbocycles. The Bertz CT molecular complexity index is 522. The van der Waals surface area contributed by atoms with Gasteiger partial charge >= 0.3 is 0 Å². The van der Waals surface area contributed by atoms with Crippen LogP contribution in [-0.2, 0) is 16.0 Å². The molecule has 0 unspecified atom stereocenters. The van der Waals surface area contributed by atoms with Gasteiger partial charge in [-0.15, -0.1) is 0 Å². The molecule has 128 valence electrons. The van der Waals surface area contributed by atoms with Crippen molar-refractivity contribution in [3.8, 4) is 0 Å². The fraction of sp³-hybridized carbons (Fsp3) is 0.611. The van der Waals surface area contributed by atoms with Crippen LogP contribution in [0.2, 0.25) is 0 Å². The van der Waals surface area contributed by atoms with E-state index in [1.807, 2.05) is 26.8 Å². The number of anilines is 1. The van der Waals surface area contributed by atoms with Crippen LogP contribution in [0.25, 0.3) is 0 Å². The monoisotopic (exact) mass is 322 g/mol. The van der Waals surface area contributed by atoms with Gasteiger partial charge in [0.1, 0.15) is 11.4 Å². The molecule has 1 N–H and O–H groups in total. The Morgan fingerprint density at radius 2 is 2.00 bits per heavy atom. The summed E-state index contributed by atoms with van der Waals surface area (Å²) in [6.45, 7) is 9.20. The number of rotatable bonds is 2. The quantitative estimate of drug-likeness (QED) is 0.850. The molecule has 2 heterocycles. The van der Waals surface area contributed by atoms with Gasteiger partial charge in [-0.05, 0) is 76.9 Å². The lowest BCUT2D eigenvalue weighted by Gasteiger charge is -2.33. The van der Waals surface area contributed by atoms with Gasteiger partial charge in [-0.1, -0.05) is 0 Å². The number of nitrogens with one attached hydrogen (secondary N) is 1. The normalized spacial score (nSPS) is 18.0. The predicted molar refractivity (Wildman–Crippen MR) is 90.2 cm³/mol. The number of halogens is 1. The number of carbonyl (C=O) groups excluding carboxylic acids is 1. The molecule has 0 bridgehead atoms. The molecule has 23 heavy (non-hydrogen) atoms. The first-order valence-corrected chi connectivity index (χ1v) is 8.28. The van der Waals surface area contributed by atoms with Gasteiger partial charge in [-0.25, -0.2) is 4.39 Å². The molecular weight excluding hydrogens is 295 g/mol. The second-order valence-electron chi connectivity index (χ2n) is 7.02. The SMILES string of the molecule is CC(C)(C)OC=O.Fc1ccc2c(c1)CCN2C1CCNCC1. The van der Waals surface area contributed by atoms with E-state index in [-0.39, 0.29) is 11.4 Å². The lowest BCUT2D eigenvalue weighted by molar-refractivity contribution is -0.138. The van der Waals surface area contributed by atoms with Crippen LogP contribution in [0.3, 0.4) is 0 Å². The molecule has 2 aliphatic rings. The summed E-state index contributed by atoms with van der Waals surface area (Å²) in [6.07, 6.45) is 3.41. The molecular formula is C18H27FN2O2. The van der Waals surface area contributed by atoms with Crippen LogP contribution in [0.1, 0.15) is 39.2 Å². The minimum absolute atomic E-state index is 0.106. The van der Waals surface area contributed by atoms with Gasteiger partial charge in [0.05, 0.1) is 0 Å². The highest BCUT2D eigenvalue weighted by Gasteiger charge is 2.27. The third-order valence-electron chi connectivity index (χ3n) is 4.12. The molecule has 0 saturated carbocycles. The van der Waals surface area contributed by atoms with Crippen LogP contribution in [0, 0.1) is 5.82 Å². The Hall–Kier alpha value is -1.62. The van der Waals surface area contributed by atoms with Crippen molar-refractivity contribution in [2.75, 3.05) is 24.5 Å². The average molecular weight is 322 g/mol. The summed E-state index contributed by atoms with van der Waals surface area (Å²) in [4.78, 5) is 12.1. The Labute approximate surface area is 138 Å². The van der Waals surface area contributed by atoms with E-state index >= 15 is 0 Å². The first kappa shape index (κ1) is 17.7. The summed E-state index contributed by atoms with van der Waals surface area (Å²) in [5.41, 5.74) is 2.12. The zero-order valence-corrected chi connectivity index (χ0v) is 14.3. The van der Waals surface area contributed by atoms with Gasteiger partial charge in [0.15, 0.2) is 0 Å². The molecule has 4 nitrogen and oxygen atoms in total. The van der Waals surface area contributed by atoms with Crippen LogP contribution in [0.4, 0.5) is 10.1 Å². The van der Waals surface area contributed by atoms with Crippen molar-refractivity contribution in [3.63, 3.8) is 0 Å². The van der Waals surface area contributed by atoms with Crippen molar-refractivity contribution in [3.05, 3.63) is 29.6 Å². The molecule has 0 aromatic heterocycles. The number of ether oxygens (including phenoxy) is 1. The smallest absolute Gasteiger partial charge is 0.293 e. The van der Waals surface area contributed by atoms with E-state index < -0.39 is 0 Å². The van der Waals surface area contributed by atoms with Gasteiger partial charge in [-0.3, -0.25) is 4.79 Å². The second kappa shape index (κ2) is 7.77. The summed E-state index contributed by atoms with van der Waals surface area (Å²) in [7, 11) is 0. The van der Waals surface area contributed by atoms with E-state index in [9.17, 15) is 9.18 Å². The fourth-order valence-corrected chi connectivity index (χ4v) is 3.04. The summed E-state index contributed by atoms with van der Waals surface area (Å²) in [5.74, 6) is -0.106. The van der Waals surface area contributed by atoms with Crippen molar-refractivity contribution in [2.24, 2.45) is 0 Å². The number of hydrogen-bond acceptors (Lipinski definition) is 4. The van der Waals surface area contributed by atoms with E-state index in [0.717, 1.165) is 26.1 Å². The maximum absolute atomic E-state index is 13.1. The molecule has 0 amide bonds. The Balaban J connectivity index is 0.000000236. The highest BCUT2D eigenvalue weighted by Crippen LogP contribution is 2.32.